The topological polar surface area (TPSA) is 196 Å². The molecule has 2 aliphatic heterocycles. The second-order valence-electron chi connectivity index (χ2n) is 9.12. The van der Waals surface area contributed by atoms with Crippen LogP contribution in [0.4, 0.5) is 0 Å². The largest absolute Gasteiger partial charge is 0.508 e. The van der Waals surface area contributed by atoms with Gasteiger partial charge in [-0.1, -0.05) is 18.2 Å². The van der Waals surface area contributed by atoms with Crippen LogP contribution in [0.3, 0.4) is 0 Å². The Morgan fingerprint density at radius 2 is 1.79 bits per heavy atom. The summed E-state index contributed by atoms with van der Waals surface area (Å²) in [7, 11) is 0. The fourth-order valence-electron chi connectivity index (χ4n) is 4.00. The first-order chi connectivity index (χ1) is 18.0. The molecule has 12 heteroatoms. The number of carbonyl (C=O) groups excluding carboxylic acids is 1. The molecule has 12 nitrogen and oxygen atoms in total. The molecule has 0 unspecified atom stereocenters. The molecule has 0 saturated carbocycles. The van der Waals surface area contributed by atoms with E-state index in [4.69, 9.17) is 18.9 Å². The molecule has 1 radical (unpaired) electrons. The van der Waals surface area contributed by atoms with Gasteiger partial charge in [0.15, 0.2) is 18.2 Å². The standard InChI is InChI=1S/C26H29O12/c1-26(34)12-35-25(23(26)33)38-22-21(32)20(31)19(11-27)37-24(22)36-15-6-2-13(3-7-15)4-9-17(29)16-8-5-14(28)10-18(16)30/h2-10,19-25,27-28,30-34H,1,11-12H2/b9-4+/t19-,20+,21-,22-,23+,24+,25+,26+/m1/s1. The number of hydrogen-bond acceptors (Lipinski definition) is 12. The Balaban J connectivity index is 1.46. The summed E-state index contributed by atoms with van der Waals surface area (Å²) in [5, 5.41) is 69.9. The lowest BCUT2D eigenvalue weighted by atomic mass is 9.98. The smallest absolute Gasteiger partial charge is 0.229 e. The first-order valence-corrected chi connectivity index (χ1v) is 11.7. The Bertz CT molecular complexity index is 1150. The summed E-state index contributed by atoms with van der Waals surface area (Å²) in [5.41, 5.74) is -1.21. The van der Waals surface area contributed by atoms with E-state index in [9.17, 15) is 40.5 Å². The van der Waals surface area contributed by atoms with Crippen LogP contribution in [0.25, 0.3) is 6.08 Å². The molecule has 2 heterocycles. The minimum Gasteiger partial charge on any atom is -0.508 e. The van der Waals surface area contributed by atoms with E-state index in [-0.39, 0.29) is 29.4 Å². The number of phenolic OH excluding ortho intramolecular Hbond substituents is 2. The van der Waals surface area contributed by atoms with Crippen LogP contribution in [0.1, 0.15) is 15.9 Å². The van der Waals surface area contributed by atoms with Crippen molar-refractivity contribution in [3.63, 3.8) is 0 Å². The minimum atomic E-state index is -1.83. The summed E-state index contributed by atoms with van der Waals surface area (Å²) in [6.07, 6.45) is -7.30. The van der Waals surface area contributed by atoms with Gasteiger partial charge in [0.1, 0.15) is 47.3 Å². The number of allylic oxidation sites excluding steroid dienone is 1. The highest BCUT2D eigenvalue weighted by atomic mass is 16.8. The lowest BCUT2D eigenvalue weighted by molar-refractivity contribution is -0.318. The highest BCUT2D eigenvalue weighted by Crippen LogP contribution is 2.32. The first kappa shape index (κ1) is 28.0. The number of aliphatic hydroxyl groups is 5. The Kier molecular flexibility index (Phi) is 8.35. The fourth-order valence-corrected chi connectivity index (χ4v) is 4.00. The van der Waals surface area contributed by atoms with Crippen molar-refractivity contribution < 1.29 is 59.5 Å². The van der Waals surface area contributed by atoms with Crippen LogP contribution in [0, 0.1) is 6.92 Å². The van der Waals surface area contributed by atoms with Gasteiger partial charge in [-0.25, -0.2) is 0 Å². The third-order valence-corrected chi connectivity index (χ3v) is 6.23. The maximum atomic E-state index is 12.3. The van der Waals surface area contributed by atoms with Gasteiger partial charge in [-0.3, -0.25) is 4.79 Å². The normalized spacial score (nSPS) is 33.5. The number of phenols is 2. The molecule has 2 fully saturated rings. The maximum absolute atomic E-state index is 12.3. The number of benzene rings is 2. The summed E-state index contributed by atoms with van der Waals surface area (Å²) in [5.74, 6) is -0.760. The predicted octanol–water partition coefficient (Wildman–Crippen LogP) is -0.521. The Labute approximate surface area is 217 Å². The first-order valence-electron chi connectivity index (χ1n) is 11.7. The van der Waals surface area contributed by atoms with Gasteiger partial charge < -0.3 is 54.7 Å². The number of hydrogen-bond donors (Lipinski definition) is 7. The number of carbonyl (C=O) groups is 1. The van der Waals surface area contributed by atoms with Crippen LogP contribution in [0.15, 0.2) is 48.5 Å². The molecule has 2 aliphatic rings. The van der Waals surface area contributed by atoms with Crippen molar-refractivity contribution in [3.8, 4) is 17.2 Å². The highest BCUT2D eigenvalue weighted by molar-refractivity contribution is 6.08. The van der Waals surface area contributed by atoms with Crippen LogP contribution >= 0.6 is 0 Å². The quantitative estimate of drug-likeness (QED) is 0.170. The fraction of sp³-hybridized carbons (Fsp3) is 0.385. The average Bonchev–Trinajstić information content (AvgIpc) is 3.14. The van der Waals surface area contributed by atoms with Gasteiger partial charge in [-0.05, 0) is 42.8 Å². The van der Waals surface area contributed by atoms with Crippen molar-refractivity contribution in [2.24, 2.45) is 0 Å². The van der Waals surface area contributed by atoms with Crippen molar-refractivity contribution in [3.05, 3.63) is 66.6 Å². The molecule has 4 rings (SSSR count). The van der Waals surface area contributed by atoms with E-state index in [0.717, 1.165) is 6.07 Å². The summed E-state index contributed by atoms with van der Waals surface area (Å²) in [6.45, 7) is 2.48. The second kappa shape index (κ2) is 11.4. The average molecular weight is 534 g/mol. The van der Waals surface area contributed by atoms with Crippen LogP contribution in [-0.2, 0) is 14.2 Å². The molecule has 7 N–H and O–H groups in total. The van der Waals surface area contributed by atoms with E-state index in [1.165, 1.54) is 36.4 Å². The van der Waals surface area contributed by atoms with Crippen LogP contribution in [0.2, 0.25) is 0 Å². The van der Waals surface area contributed by atoms with E-state index in [1.54, 1.807) is 12.1 Å². The SMILES string of the molecule is [CH2][C@]1(O)CO[C@@H](O[C@H]2[C@@H](Oc3ccc(/C=C/C(=O)c4ccc(O)cc4O)cc3)O[C@H](CO)[C@H](O)[C@H]2O)[C@@H]1O. The lowest BCUT2D eigenvalue weighted by Crippen LogP contribution is -2.62. The monoisotopic (exact) mass is 533 g/mol. The molecule has 2 aromatic carbocycles. The van der Waals surface area contributed by atoms with Gasteiger partial charge in [-0.15, -0.1) is 0 Å². The number of ketones is 1. The molecular formula is C26H29O12. The third-order valence-electron chi connectivity index (χ3n) is 6.23. The van der Waals surface area contributed by atoms with E-state index in [1.807, 2.05) is 0 Å². The number of ether oxygens (including phenoxy) is 4. The zero-order valence-electron chi connectivity index (χ0n) is 20.0. The predicted molar refractivity (Wildman–Crippen MR) is 129 cm³/mol. The van der Waals surface area contributed by atoms with Gasteiger partial charge in [0.05, 0.1) is 18.8 Å². The van der Waals surface area contributed by atoms with Crippen molar-refractivity contribution in [1.82, 2.24) is 0 Å². The molecular weight excluding hydrogens is 504 g/mol. The lowest BCUT2D eigenvalue weighted by Gasteiger charge is -2.42. The van der Waals surface area contributed by atoms with Crippen molar-refractivity contribution >= 4 is 11.9 Å². The Morgan fingerprint density at radius 3 is 2.39 bits per heavy atom. The van der Waals surface area contributed by atoms with E-state index >= 15 is 0 Å². The molecule has 0 bridgehead atoms. The number of aliphatic hydroxyl groups excluding tert-OH is 4. The van der Waals surface area contributed by atoms with Crippen molar-refractivity contribution in [2.75, 3.05) is 13.2 Å². The molecule has 38 heavy (non-hydrogen) atoms. The highest BCUT2D eigenvalue weighted by Gasteiger charge is 2.52. The molecule has 2 saturated heterocycles. The van der Waals surface area contributed by atoms with Gasteiger partial charge in [0, 0.05) is 6.07 Å². The molecule has 0 spiro atoms. The molecule has 205 valence electrons. The van der Waals surface area contributed by atoms with Gasteiger partial charge >= 0.3 is 0 Å². The molecule has 0 aliphatic carbocycles. The summed E-state index contributed by atoms with van der Waals surface area (Å²) >= 11 is 0. The van der Waals surface area contributed by atoms with Gasteiger partial charge in [0.25, 0.3) is 0 Å². The molecule has 0 amide bonds. The van der Waals surface area contributed by atoms with Gasteiger partial charge in [-0.2, -0.15) is 0 Å². The Hall–Kier alpha value is -3.07. The van der Waals surface area contributed by atoms with Crippen LogP contribution in [0.5, 0.6) is 17.2 Å². The van der Waals surface area contributed by atoms with E-state index in [2.05, 4.69) is 6.92 Å². The second-order valence-corrected chi connectivity index (χ2v) is 9.12. The molecule has 8 atom stereocenters. The zero-order chi connectivity index (χ0) is 27.6. The van der Waals surface area contributed by atoms with Gasteiger partial charge in [0.2, 0.25) is 6.29 Å². The maximum Gasteiger partial charge on any atom is 0.229 e. The molecule has 0 aromatic heterocycles. The van der Waals surface area contributed by atoms with E-state index in [0.29, 0.717) is 5.56 Å². The van der Waals surface area contributed by atoms with Crippen molar-refractivity contribution in [1.29, 1.82) is 0 Å². The zero-order valence-corrected chi connectivity index (χ0v) is 20.0. The molecule has 2 aromatic rings. The number of aromatic hydroxyl groups is 2. The number of rotatable bonds is 8. The summed E-state index contributed by atoms with van der Waals surface area (Å²) in [4.78, 5) is 12.3. The van der Waals surface area contributed by atoms with Crippen molar-refractivity contribution in [2.45, 2.75) is 48.7 Å². The minimum absolute atomic E-state index is 0.0207. The van der Waals surface area contributed by atoms with Crippen LogP contribution < -0.4 is 4.74 Å². The summed E-state index contributed by atoms with van der Waals surface area (Å²) in [6, 6.07) is 9.93. The Morgan fingerprint density at radius 1 is 1.08 bits per heavy atom. The van der Waals surface area contributed by atoms with Crippen LogP contribution in [-0.4, -0.2) is 103 Å². The van der Waals surface area contributed by atoms with E-state index < -0.39 is 61.1 Å². The summed E-state index contributed by atoms with van der Waals surface area (Å²) < 4.78 is 22.2. The third kappa shape index (κ3) is 5.98.